The summed E-state index contributed by atoms with van der Waals surface area (Å²) >= 11 is 18.2. The van der Waals surface area contributed by atoms with Gasteiger partial charge in [0.1, 0.15) is 18.9 Å². The van der Waals surface area contributed by atoms with Crippen molar-refractivity contribution in [1.82, 2.24) is 5.43 Å². The molecule has 0 aromatic heterocycles. The van der Waals surface area contributed by atoms with Crippen LogP contribution in [0, 0.1) is 6.92 Å². The monoisotopic (exact) mass is 615 g/mol. The fourth-order valence-corrected chi connectivity index (χ4v) is 5.76. The zero-order valence-corrected chi connectivity index (χ0v) is 24.3. The SMILES string of the molecule is Cc1ccc(S(=O)(=O)N(CC(=O)N/N=C/c2ccc(OCc3cccc(Cl)c3)cc2)c2cc(Cl)cc(Cl)c2)cc1. The van der Waals surface area contributed by atoms with Gasteiger partial charge >= 0.3 is 0 Å². The molecule has 0 saturated carbocycles. The maximum Gasteiger partial charge on any atom is 0.264 e. The Hall–Kier alpha value is -3.56. The molecule has 40 heavy (non-hydrogen) atoms. The number of rotatable bonds is 10. The number of amides is 1. The molecule has 0 fully saturated rings. The summed E-state index contributed by atoms with van der Waals surface area (Å²) in [4.78, 5) is 12.8. The van der Waals surface area contributed by atoms with Gasteiger partial charge in [0.15, 0.2) is 0 Å². The van der Waals surface area contributed by atoms with E-state index in [1.807, 2.05) is 25.1 Å². The van der Waals surface area contributed by atoms with E-state index in [4.69, 9.17) is 39.5 Å². The minimum atomic E-state index is -4.13. The maximum absolute atomic E-state index is 13.5. The van der Waals surface area contributed by atoms with E-state index in [-0.39, 0.29) is 20.6 Å². The van der Waals surface area contributed by atoms with E-state index in [9.17, 15) is 13.2 Å². The smallest absolute Gasteiger partial charge is 0.264 e. The number of nitrogens with one attached hydrogen (secondary N) is 1. The van der Waals surface area contributed by atoms with Crippen molar-refractivity contribution >= 4 is 62.6 Å². The number of anilines is 1. The van der Waals surface area contributed by atoms with Gasteiger partial charge < -0.3 is 4.74 Å². The topological polar surface area (TPSA) is 88.1 Å². The summed E-state index contributed by atoms with van der Waals surface area (Å²) in [5, 5.41) is 5.06. The zero-order chi connectivity index (χ0) is 28.7. The van der Waals surface area contributed by atoms with Crippen LogP contribution in [-0.4, -0.2) is 27.1 Å². The molecular formula is C29H24Cl3N3O4S. The lowest BCUT2D eigenvalue weighted by atomic mass is 10.2. The van der Waals surface area contributed by atoms with Crippen molar-refractivity contribution in [2.24, 2.45) is 5.10 Å². The number of sulfonamides is 1. The van der Waals surface area contributed by atoms with Crippen LogP contribution < -0.4 is 14.5 Å². The van der Waals surface area contributed by atoms with Crippen LogP contribution >= 0.6 is 34.8 Å². The van der Waals surface area contributed by atoms with Crippen molar-refractivity contribution in [3.05, 3.63) is 123 Å². The van der Waals surface area contributed by atoms with Crippen LogP contribution in [0.5, 0.6) is 5.75 Å². The molecule has 206 valence electrons. The summed E-state index contributed by atoms with van der Waals surface area (Å²) < 4.78 is 33.7. The van der Waals surface area contributed by atoms with E-state index >= 15 is 0 Å². The van der Waals surface area contributed by atoms with E-state index in [0.29, 0.717) is 22.9 Å². The fourth-order valence-electron chi connectivity index (χ4n) is 3.62. The Morgan fingerprint density at radius 2 is 1.57 bits per heavy atom. The van der Waals surface area contributed by atoms with Crippen LogP contribution in [0.1, 0.15) is 16.7 Å². The van der Waals surface area contributed by atoms with Gasteiger partial charge in [-0.25, -0.2) is 13.8 Å². The molecule has 1 amide bonds. The second kappa shape index (κ2) is 13.2. The first-order chi connectivity index (χ1) is 19.1. The number of hydrazone groups is 1. The third-order valence-electron chi connectivity index (χ3n) is 5.61. The number of hydrogen-bond donors (Lipinski definition) is 1. The third kappa shape index (κ3) is 7.99. The predicted octanol–water partition coefficient (Wildman–Crippen LogP) is 6.88. The number of carbonyl (C=O) groups excluding carboxylic acids is 1. The Morgan fingerprint density at radius 3 is 2.23 bits per heavy atom. The molecule has 11 heteroatoms. The summed E-state index contributed by atoms with van der Waals surface area (Å²) in [6, 6.07) is 25.1. The summed E-state index contributed by atoms with van der Waals surface area (Å²) in [6.07, 6.45) is 1.44. The Bertz CT molecular complexity index is 1610. The number of hydrogen-bond acceptors (Lipinski definition) is 5. The lowest BCUT2D eigenvalue weighted by molar-refractivity contribution is -0.119. The molecule has 0 saturated heterocycles. The molecule has 0 aliphatic rings. The van der Waals surface area contributed by atoms with Gasteiger partial charge in [-0.15, -0.1) is 0 Å². The molecule has 0 spiro atoms. The van der Waals surface area contributed by atoms with Crippen molar-refractivity contribution in [2.45, 2.75) is 18.4 Å². The van der Waals surface area contributed by atoms with E-state index in [1.54, 1.807) is 42.5 Å². The van der Waals surface area contributed by atoms with Crippen molar-refractivity contribution in [3.8, 4) is 5.75 Å². The van der Waals surface area contributed by atoms with Crippen LogP contribution in [0.25, 0.3) is 0 Å². The fraction of sp³-hybridized carbons (Fsp3) is 0.103. The summed E-state index contributed by atoms with van der Waals surface area (Å²) in [7, 11) is -4.13. The predicted molar refractivity (Wildman–Crippen MR) is 160 cm³/mol. The second-order valence-corrected chi connectivity index (χ2v) is 11.9. The van der Waals surface area contributed by atoms with Crippen LogP contribution in [0.4, 0.5) is 5.69 Å². The van der Waals surface area contributed by atoms with Gasteiger partial charge in [-0.2, -0.15) is 5.10 Å². The highest BCUT2D eigenvalue weighted by Crippen LogP contribution is 2.29. The molecule has 0 aliphatic heterocycles. The van der Waals surface area contributed by atoms with E-state index in [0.717, 1.165) is 15.4 Å². The quantitative estimate of drug-likeness (QED) is 0.155. The first-order valence-corrected chi connectivity index (χ1v) is 14.5. The molecule has 7 nitrogen and oxygen atoms in total. The molecule has 0 atom stereocenters. The molecule has 0 unspecified atom stereocenters. The van der Waals surface area contributed by atoms with Gasteiger partial charge in [-0.05, 0) is 84.8 Å². The normalized spacial score (nSPS) is 11.4. The van der Waals surface area contributed by atoms with E-state index in [2.05, 4.69) is 10.5 Å². The highest BCUT2D eigenvalue weighted by atomic mass is 35.5. The average Bonchev–Trinajstić information content (AvgIpc) is 2.91. The molecule has 0 bridgehead atoms. The highest BCUT2D eigenvalue weighted by molar-refractivity contribution is 7.92. The molecule has 4 rings (SSSR count). The van der Waals surface area contributed by atoms with Gasteiger partial charge in [0.25, 0.3) is 15.9 Å². The number of halogens is 3. The Labute approximate surface area is 248 Å². The standard InChI is InChI=1S/C29H24Cl3N3O4S/c1-20-5-11-28(12-6-20)40(37,38)35(26-15-24(31)14-25(32)16-26)18-29(36)34-33-17-21-7-9-27(10-8-21)39-19-22-3-2-4-23(30)13-22/h2-17H,18-19H2,1H3,(H,34,36)/b33-17+. The average molecular weight is 617 g/mol. The Kier molecular flexibility index (Phi) is 9.71. The van der Waals surface area contributed by atoms with Gasteiger partial charge in [-0.1, -0.05) is 64.6 Å². The molecule has 0 heterocycles. The van der Waals surface area contributed by atoms with Crippen LogP contribution in [0.2, 0.25) is 15.1 Å². The van der Waals surface area contributed by atoms with Gasteiger partial charge in [0, 0.05) is 15.1 Å². The molecular weight excluding hydrogens is 593 g/mol. The van der Waals surface area contributed by atoms with Gasteiger partial charge in [0.2, 0.25) is 0 Å². The second-order valence-electron chi connectivity index (χ2n) is 8.73. The number of carbonyl (C=O) groups is 1. The first-order valence-electron chi connectivity index (χ1n) is 11.9. The summed E-state index contributed by atoms with van der Waals surface area (Å²) in [5.74, 6) is -0.0113. The first kappa shape index (κ1) is 29.4. The van der Waals surface area contributed by atoms with Crippen molar-refractivity contribution in [2.75, 3.05) is 10.8 Å². The Balaban J connectivity index is 1.43. The lowest BCUT2D eigenvalue weighted by Gasteiger charge is -2.24. The van der Waals surface area contributed by atoms with Crippen LogP contribution in [0.3, 0.4) is 0 Å². The number of ether oxygens (including phenoxy) is 1. The van der Waals surface area contributed by atoms with Crippen molar-refractivity contribution in [1.29, 1.82) is 0 Å². The van der Waals surface area contributed by atoms with Gasteiger partial charge in [0.05, 0.1) is 16.8 Å². The van der Waals surface area contributed by atoms with Crippen molar-refractivity contribution in [3.63, 3.8) is 0 Å². The van der Waals surface area contributed by atoms with Crippen molar-refractivity contribution < 1.29 is 17.9 Å². The van der Waals surface area contributed by atoms with Crippen LogP contribution in [0.15, 0.2) is 101 Å². The number of nitrogens with zero attached hydrogens (tertiary/aromatic N) is 2. The molecule has 1 N–H and O–H groups in total. The third-order valence-corrected chi connectivity index (χ3v) is 8.07. The largest absolute Gasteiger partial charge is 0.489 e. The minimum absolute atomic E-state index is 0.0168. The molecule has 0 radical (unpaired) electrons. The minimum Gasteiger partial charge on any atom is -0.489 e. The Morgan fingerprint density at radius 1 is 0.900 bits per heavy atom. The van der Waals surface area contributed by atoms with E-state index in [1.165, 1.54) is 36.5 Å². The van der Waals surface area contributed by atoms with Gasteiger partial charge in [-0.3, -0.25) is 9.10 Å². The highest BCUT2D eigenvalue weighted by Gasteiger charge is 2.27. The lowest BCUT2D eigenvalue weighted by Crippen LogP contribution is -2.39. The summed E-state index contributed by atoms with van der Waals surface area (Å²) in [6.45, 7) is 1.66. The zero-order valence-electron chi connectivity index (χ0n) is 21.2. The number of aryl methyl sites for hydroxylation is 1. The number of benzene rings is 4. The summed E-state index contributed by atoms with van der Waals surface area (Å²) in [5.41, 5.74) is 5.05. The van der Waals surface area contributed by atoms with E-state index < -0.39 is 22.5 Å². The molecule has 4 aromatic carbocycles. The maximum atomic E-state index is 13.5. The molecule has 4 aromatic rings. The molecule has 0 aliphatic carbocycles. The van der Waals surface area contributed by atoms with Crippen LogP contribution in [-0.2, 0) is 21.4 Å².